The molecule has 0 unspecified atom stereocenters. The monoisotopic (exact) mass is 1920 g/mol. The van der Waals surface area contributed by atoms with Crippen molar-refractivity contribution in [2.45, 2.75) is 41.5 Å². The Kier molecular flexibility index (Phi) is 33.1. The maximum Gasteiger partial charge on any atom is -0.0103 e. The van der Waals surface area contributed by atoms with Crippen molar-refractivity contribution in [3.8, 4) is 200 Å². The molecule has 0 saturated carbocycles. The summed E-state index contributed by atoms with van der Waals surface area (Å²) < 4.78 is 0. The fourth-order valence-electron chi connectivity index (χ4n) is 19.6. The van der Waals surface area contributed by atoms with Crippen molar-refractivity contribution in [1.82, 2.24) is 0 Å². The molecule has 0 aliphatic rings. The summed E-state index contributed by atoms with van der Waals surface area (Å²) >= 11 is 0. The first-order valence-corrected chi connectivity index (χ1v) is 51.8. The van der Waals surface area contributed by atoms with E-state index in [9.17, 15) is 0 Å². The van der Waals surface area contributed by atoms with Crippen LogP contribution in [-0.2, 0) is 0 Å². The predicted molar refractivity (Wildman–Crippen MR) is 645 cm³/mol. The first-order valence-electron chi connectivity index (χ1n) is 51.8. The second-order valence-corrected chi connectivity index (χ2v) is 38.3. The lowest BCUT2D eigenvalue weighted by atomic mass is 9.89. The van der Waals surface area contributed by atoms with E-state index in [0.29, 0.717) is 0 Å². The van der Waals surface area contributed by atoms with Crippen molar-refractivity contribution >= 4 is 0 Å². The lowest BCUT2D eigenvalue weighted by molar-refractivity contribution is 1.45. The molecule has 0 fully saturated rings. The summed E-state index contributed by atoms with van der Waals surface area (Å²) in [5.41, 5.74) is 52.7. The minimum absolute atomic E-state index is 1.22. The zero-order valence-electron chi connectivity index (χ0n) is 85.9. The summed E-state index contributed by atoms with van der Waals surface area (Å²) in [6, 6.07) is 220. The third-order valence-electron chi connectivity index (χ3n) is 27.2. The minimum Gasteiger partial charge on any atom is -0.0622 e. The first-order chi connectivity index (χ1) is 73.8. The highest BCUT2D eigenvalue weighted by Crippen LogP contribution is 2.43. The summed E-state index contributed by atoms with van der Waals surface area (Å²) in [5, 5.41) is 0. The molecular weight excluding hydrogens is 1800 g/mol. The van der Waals surface area contributed by atoms with Crippen molar-refractivity contribution < 1.29 is 0 Å². The van der Waals surface area contributed by atoms with Gasteiger partial charge in [0, 0.05) is 0 Å². The van der Waals surface area contributed by atoms with E-state index in [1.165, 1.54) is 234 Å². The molecule has 0 N–H and O–H groups in total. The fourth-order valence-corrected chi connectivity index (χ4v) is 19.6. The van der Waals surface area contributed by atoms with E-state index < -0.39 is 0 Å². The SMILES string of the molecule is Cc1cc(-c2cc(-c3ccccc3)cc(-c3ccccc3)c2)cc(-c2cc(-c3ccccc3)cc(-c3ccccc3)c2)c1.Cc1cc(-c2cccc(-c3ccccc3)c2)cc(-c2cccc(-c3ccccc3)c2)c1.Cc1ccc(-c2ccccc2)c(-c2ccccc2)c1.Cc1cccc(-c2cccc(-c3ccccc3)c2)c1.Cc1cccc(-c2ccccc2-c2ccccc2)c1.Cc1ccccc1-c1cccc(-c2ccccc2)c1. The fraction of sp³-hybridized carbons (Fsp3) is 0.0400. The largest absolute Gasteiger partial charge is 0.0622 e. The predicted octanol–water partition coefficient (Wildman–Crippen LogP) is 42.0. The van der Waals surface area contributed by atoms with Crippen LogP contribution in [0.15, 0.2) is 619 Å². The lowest BCUT2D eigenvalue weighted by Crippen LogP contribution is -1.90. The topological polar surface area (TPSA) is 0 Å². The Morgan fingerprint density at radius 2 is 0.227 bits per heavy atom. The van der Waals surface area contributed by atoms with Crippen LogP contribution in [0.5, 0.6) is 0 Å². The Labute approximate surface area is 887 Å². The summed E-state index contributed by atoms with van der Waals surface area (Å²) in [4.78, 5) is 0. The van der Waals surface area contributed by atoms with Gasteiger partial charge in [-0.05, 0) is 331 Å². The molecule has 0 radical (unpaired) electrons. The minimum atomic E-state index is 1.22. The van der Waals surface area contributed by atoms with Gasteiger partial charge in [0.15, 0.2) is 0 Å². The van der Waals surface area contributed by atoms with Gasteiger partial charge in [0.25, 0.3) is 0 Å². The number of benzene rings is 24. The van der Waals surface area contributed by atoms with E-state index in [0.717, 1.165) is 0 Å². The van der Waals surface area contributed by atoms with Gasteiger partial charge >= 0.3 is 0 Å². The Hall–Kier alpha value is -18.7. The lowest BCUT2D eigenvalue weighted by Gasteiger charge is -2.15. The first kappa shape index (κ1) is 100.0. The van der Waals surface area contributed by atoms with E-state index in [-0.39, 0.29) is 0 Å². The Balaban J connectivity index is 0.000000117. The zero-order valence-corrected chi connectivity index (χ0v) is 85.9. The highest BCUT2D eigenvalue weighted by atomic mass is 14.2. The van der Waals surface area contributed by atoms with Gasteiger partial charge in [-0.2, -0.15) is 0 Å². The number of hydrogen-bond donors (Lipinski definition) is 0. The van der Waals surface area contributed by atoms with Crippen LogP contribution in [0.1, 0.15) is 33.4 Å². The van der Waals surface area contributed by atoms with Gasteiger partial charge in [0.2, 0.25) is 0 Å². The van der Waals surface area contributed by atoms with E-state index in [4.69, 9.17) is 0 Å². The maximum atomic E-state index is 2.35. The summed E-state index contributed by atoms with van der Waals surface area (Å²) in [6.45, 7) is 12.9. The van der Waals surface area contributed by atoms with E-state index in [1.807, 2.05) is 6.07 Å². The Bertz CT molecular complexity index is 8150. The van der Waals surface area contributed by atoms with Gasteiger partial charge in [0.1, 0.15) is 0 Å². The number of hydrogen-bond acceptors (Lipinski definition) is 0. The molecule has 24 aromatic rings. The standard InChI is InChI=1S/C43H32.C31H24.4C19H16/c1-31-22-36(42-27-38(32-14-6-2-7-15-32)25-39(28-42)33-16-8-3-9-17-33)24-37(23-31)43-29-40(34-18-10-4-11-19-34)26-41(30-43)35-20-12-5-13-21-35;1-23-18-30(28-16-8-14-26(20-28)24-10-4-2-5-11-24)22-31(19-23)29-17-9-15-27(21-29)25-12-6-3-7-13-25;1-15-12-13-18(16-8-4-2-5-9-16)19(14-15)17-10-6-3-7-11-17;1-15-7-5-10-17(13-15)19-12-6-11-18(14-19)16-8-3-2-4-9-16;1-15-8-7-11-17(14-15)19-13-6-5-12-18(19)16-9-3-2-4-10-16;1-15-8-5-6-13-19(15)18-12-7-11-17(14-18)16-9-3-2-4-10-16/h2-30H,1H3;2-22H,1H3;4*2-14H,1H3. The van der Waals surface area contributed by atoms with Gasteiger partial charge in [-0.25, -0.2) is 0 Å². The Morgan fingerprint density at radius 1 is 0.0733 bits per heavy atom. The molecular formula is C150H120. The van der Waals surface area contributed by atoms with Crippen LogP contribution in [0.3, 0.4) is 0 Å². The van der Waals surface area contributed by atoms with Crippen molar-refractivity contribution in [1.29, 1.82) is 0 Å². The molecule has 0 aliphatic heterocycles. The van der Waals surface area contributed by atoms with Crippen molar-refractivity contribution in [2.75, 3.05) is 0 Å². The van der Waals surface area contributed by atoms with Crippen LogP contribution in [-0.4, -0.2) is 0 Å². The quantitative estimate of drug-likeness (QED) is 0.0803. The third-order valence-corrected chi connectivity index (χ3v) is 27.2. The molecule has 24 aromatic carbocycles. The number of rotatable bonds is 18. The summed E-state index contributed by atoms with van der Waals surface area (Å²) in [6.07, 6.45) is 0. The average Bonchev–Trinajstić information content (AvgIpc) is 0.782. The van der Waals surface area contributed by atoms with E-state index in [1.54, 1.807) is 0 Å². The molecule has 0 aliphatic carbocycles. The number of aryl methyl sites for hydroxylation is 6. The summed E-state index contributed by atoms with van der Waals surface area (Å²) in [5.74, 6) is 0. The molecule has 0 aromatic heterocycles. The van der Waals surface area contributed by atoms with Crippen LogP contribution < -0.4 is 0 Å². The molecule has 0 atom stereocenters. The normalized spacial score (nSPS) is 10.6. The van der Waals surface area contributed by atoms with Crippen LogP contribution in [0.25, 0.3) is 200 Å². The Morgan fingerprint density at radius 3 is 0.520 bits per heavy atom. The van der Waals surface area contributed by atoms with Crippen LogP contribution in [0.2, 0.25) is 0 Å². The van der Waals surface area contributed by atoms with Gasteiger partial charge < -0.3 is 0 Å². The second kappa shape index (κ2) is 49.7. The molecule has 0 nitrogen and oxygen atoms in total. The second-order valence-electron chi connectivity index (χ2n) is 38.3. The van der Waals surface area contributed by atoms with E-state index in [2.05, 4.69) is 654 Å². The van der Waals surface area contributed by atoms with Crippen LogP contribution >= 0.6 is 0 Å². The molecule has 720 valence electrons. The smallest absolute Gasteiger partial charge is 0.0103 e. The zero-order chi connectivity index (χ0) is 102. The van der Waals surface area contributed by atoms with Gasteiger partial charge in [-0.3, -0.25) is 0 Å². The molecule has 0 amide bonds. The van der Waals surface area contributed by atoms with Crippen LogP contribution in [0, 0.1) is 41.5 Å². The average molecular weight is 1920 g/mol. The highest BCUT2D eigenvalue weighted by Gasteiger charge is 2.17. The summed E-state index contributed by atoms with van der Waals surface area (Å²) in [7, 11) is 0. The molecule has 0 saturated heterocycles. The van der Waals surface area contributed by atoms with Crippen molar-refractivity contribution in [2.24, 2.45) is 0 Å². The van der Waals surface area contributed by atoms with Crippen LogP contribution in [0.4, 0.5) is 0 Å². The maximum absolute atomic E-state index is 2.35. The van der Waals surface area contributed by atoms with Crippen molar-refractivity contribution in [3.63, 3.8) is 0 Å². The molecule has 150 heavy (non-hydrogen) atoms. The molecule has 0 spiro atoms. The van der Waals surface area contributed by atoms with Crippen molar-refractivity contribution in [3.05, 3.63) is 652 Å². The molecule has 0 bridgehead atoms. The molecule has 24 rings (SSSR count). The third kappa shape index (κ3) is 26.3. The molecule has 0 heteroatoms. The van der Waals surface area contributed by atoms with Gasteiger partial charge in [-0.15, -0.1) is 0 Å². The molecule has 0 heterocycles. The van der Waals surface area contributed by atoms with Gasteiger partial charge in [0.05, 0.1) is 0 Å². The highest BCUT2D eigenvalue weighted by molar-refractivity contribution is 5.90. The van der Waals surface area contributed by atoms with E-state index >= 15 is 0 Å². The van der Waals surface area contributed by atoms with Gasteiger partial charge in [-0.1, -0.05) is 563 Å².